The standard InChI is InChI=1S/C9H8N2O3S/c1-5(9(13)14)7(12)11-8-6(4-10)2-3-15-8/h2-3,5H,1H3,(H,11,12)(H,13,14). The quantitative estimate of drug-likeness (QED) is 0.756. The Kier molecular flexibility index (Phi) is 3.42. The molecule has 0 saturated carbocycles. The van der Waals surface area contributed by atoms with E-state index in [4.69, 9.17) is 10.4 Å². The first kappa shape index (κ1) is 11.2. The largest absolute Gasteiger partial charge is 0.481 e. The number of carbonyl (C=O) groups is 2. The molecule has 0 spiro atoms. The summed E-state index contributed by atoms with van der Waals surface area (Å²) in [4.78, 5) is 21.8. The van der Waals surface area contributed by atoms with Crippen LogP contribution in [0.3, 0.4) is 0 Å². The molecule has 78 valence electrons. The number of nitrogens with one attached hydrogen (secondary N) is 1. The zero-order valence-corrected chi connectivity index (χ0v) is 8.67. The number of aliphatic carboxylic acids is 1. The highest BCUT2D eigenvalue weighted by atomic mass is 32.1. The summed E-state index contributed by atoms with van der Waals surface area (Å²) in [6.45, 7) is 1.29. The topological polar surface area (TPSA) is 90.2 Å². The van der Waals surface area contributed by atoms with Crippen LogP contribution in [-0.2, 0) is 9.59 Å². The fourth-order valence-electron chi connectivity index (χ4n) is 0.826. The van der Waals surface area contributed by atoms with E-state index >= 15 is 0 Å². The third-order valence-corrected chi connectivity index (χ3v) is 2.62. The molecule has 0 aliphatic heterocycles. The number of carboxylic acid groups (broad SMARTS) is 1. The van der Waals surface area contributed by atoms with Crippen LogP contribution in [0.4, 0.5) is 5.00 Å². The number of hydrogen-bond donors (Lipinski definition) is 2. The van der Waals surface area contributed by atoms with E-state index in [9.17, 15) is 9.59 Å². The number of rotatable bonds is 3. The molecule has 0 saturated heterocycles. The second-order valence-electron chi connectivity index (χ2n) is 2.82. The summed E-state index contributed by atoms with van der Waals surface area (Å²) in [5, 5.41) is 21.7. The number of hydrogen-bond acceptors (Lipinski definition) is 4. The van der Waals surface area contributed by atoms with Gasteiger partial charge >= 0.3 is 5.97 Å². The lowest BCUT2D eigenvalue weighted by molar-refractivity contribution is -0.144. The molecule has 1 heterocycles. The lowest BCUT2D eigenvalue weighted by Crippen LogP contribution is -2.26. The van der Waals surface area contributed by atoms with Crippen molar-refractivity contribution in [1.82, 2.24) is 0 Å². The highest BCUT2D eigenvalue weighted by Crippen LogP contribution is 2.22. The lowest BCUT2D eigenvalue weighted by atomic mass is 10.2. The maximum absolute atomic E-state index is 11.3. The van der Waals surface area contributed by atoms with Crippen molar-refractivity contribution in [2.45, 2.75) is 6.92 Å². The Morgan fingerprint density at radius 2 is 2.33 bits per heavy atom. The van der Waals surface area contributed by atoms with Gasteiger partial charge in [0.1, 0.15) is 17.0 Å². The van der Waals surface area contributed by atoms with Gasteiger partial charge in [-0.25, -0.2) is 0 Å². The predicted octanol–water partition coefficient (Wildman–Crippen LogP) is 1.28. The third kappa shape index (κ3) is 2.54. The van der Waals surface area contributed by atoms with Gasteiger partial charge in [-0.05, 0) is 18.4 Å². The minimum absolute atomic E-state index is 0.339. The normalized spacial score (nSPS) is 11.5. The number of carbonyl (C=O) groups excluding carboxylic acids is 1. The molecule has 0 aliphatic rings. The highest BCUT2D eigenvalue weighted by Gasteiger charge is 2.21. The first-order chi connectivity index (χ1) is 7.06. The molecule has 5 nitrogen and oxygen atoms in total. The van der Waals surface area contributed by atoms with E-state index in [2.05, 4.69) is 5.32 Å². The van der Waals surface area contributed by atoms with Gasteiger partial charge in [0.25, 0.3) is 0 Å². The van der Waals surface area contributed by atoms with Crippen LogP contribution in [0.25, 0.3) is 0 Å². The maximum Gasteiger partial charge on any atom is 0.315 e. The van der Waals surface area contributed by atoms with Gasteiger partial charge in [0.15, 0.2) is 0 Å². The number of anilines is 1. The molecule has 1 amide bonds. The van der Waals surface area contributed by atoms with Crippen LogP contribution in [0.2, 0.25) is 0 Å². The number of thiophene rings is 1. The molecule has 1 aromatic rings. The van der Waals surface area contributed by atoms with E-state index in [0.717, 1.165) is 0 Å². The fraction of sp³-hybridized carbons (Fsp3) is 0.222. The van der Waals surface area contributed by atoms with E-state index in [1.54, 1.807) is 11.4 Å². The molecule has 1 atom stereocenters. The van der Waals surface area contributed by atoms with E-state index in [-0.39, 0.29) is 0 Å². The molecular formula is C9H8N2O3S. The molecular weight excluding hydrogens is 216 g/mol. The van der Waals surface area contributed by atoms with Crippen LogP contribution in [0.1, 0.15) is 12.5 Å². The summed E-state index contributed by atoms with van der Waals surface area (Å²) in [6.07, 6.45) is 0. The van der Waals surface area contributed by atoms with Crippen LogP contribution in [0, 0.1) is 17.2 Å². The number of amides is 1. The Labute approximate surface area is 90.0 Å². The average molecular weight is 224 g/mol. The van der Waals surface area contributed by atoms with E-state index in [1.165, 1.54) is 18.3 Å². The van der Waals surface area contributed by atoms with E-state index < -0.39 is 17.8 Å². The lowest BCUT2D eigenvalue weighted by Gasteiger charge is -2.06. The van der Waals surface area contributed by atoms with Crippen molar-refractivity contribution in [2.75, 3.05) is 5.32 Å². The zero-order chi connectivity index (χ0) is 11.4. The SMILES string of the molecule is CC(C(=O)O)C(=O)Nc1sccc1C#N. The number of nitrogens with zero attached hydrogens (tertiary/aromatic N) is 1. The Morgan fingerprint density at radius 1 is 1.67 bits per heavy atom. The Morgan fingerprint density at radius 3 is 2.87 bits per heavy atom. The third-order valence-electron chi connectivity index (χ3n) is 1.79. The van der Waals surface area contributed by atoms with Crippen LogP contribution >= 0.6 is 11.3 Å². The Balaban J connectivity index is 2.76. The molecule has 6 heteroatoms. The van der Waals surface area contributed by atoms with Gasteiger partial charge in [-0.15, -0.1) is 11.3 Å². The van der Waals surface area contributed by atoms with Gasteiger partial charge in [-0.1, -0.05) is 0 Å². The van der Waals surface area contributed by atoms with Gasteiger partial charge < -0.3 is 10.4 Å². The molecule has 0 aliphatic carbocycles. The maximum atomic E-state index is 11.3. The predicted molar refractivity (Wildman–Crippen MR) is 54.5 cm³/mol. The van der Waals surface area contributed by atoms with Gasteiger partial charge in [-0.3, -0.25) is 9.59 Å². The monoisotopic (exact) mass is 224 g/mol. The van der Waals surface area contributed by atoms with Crippen molar-refractivity contribution in [3.05, 3.63) is 17.0 Å². The minimum Gasteiger partial charge on any atom is -0.481 e. The van der Waals surface area contributed by atoms with Gasteiger partial charge in [0.05, 0.1) is 5.56 Å². The van der Waals surface area contributed by atoms with Crippen molar-refractivity contribution in [3.63, 3.8) is 0 Å². The van der Waals surface area contributed by atoms with Crippen molar-refractivity contribution >= 4 is 28.2 Å². The molecule has 0 aromatic carbocycles. The first-order valence-electron chi connectivity index (χ1n) is 4.07. The molecule has 0 bridgehead atoms. The summed E-state index contributed by atoms with van der Waals surface area (Å²) < 4.78 is 0. The van der Waals surface area contributed by atoms with Gasteiger partial charge in [0, 0.05) is 0 Å². The van der Waals surface area contributed by atoms with Crippen LogP contribution in [-0.4, -0.2) is 17.0 Å². The van der Waals surface area contributed by atoms with Crippen molar-refractivity contribution in [2.24, 2.45) is 5.92 Å². The minimum atomic E-state index is -1.19. The highest BCUT2D eigenvalue weighted by molar-refractivity contribution is 7.14. The summed E-state index contributed by atoms with van der Waals surface area (Å²) >= 11 is 1.18. The molecule has 15 heavy (non-hydrogen) atoms. The molecule has 2 N–H and O–H groups in total. The van der Waals surface area contributed by atoms with Crippen LogP contribution < -0.4 is 5.32 Å². The van der Waals surface area contributed by atoms with Crippen molar-refractivity contribution in [1.29, 1.82) is 5.26 Å². The van der Waals surface area contributed by atoms with Crippen LogP contribution in [0.15, 0.2) is 11.4 Å². The molecule has 1 rings (SSSR count). The van der Waals surface area contributed by atoms with Crippen molar-refractivity contribution < 1.29 is 14.7 Å². The second-order valence-corrected chi connectivity index (χ2v) is 3.74. The van der Waals surface area contributed by atoms with E-state index in [1.807, 2.05) is 6.07 Å². The summed E-state index contributed by atoms with van der Waals surface area (Å²) in [6, 6.07) is 3.46. The molecule has 0 radical (unpaired) electrons. The van der Waals surface area contributed by atoms with Crippen LogP contribution in [0.5, 0.6) is 0 Å². The first-order valence-corrected chi connectivity index (χ1v) is 4.95. The van der Waals surface area contributed by atoms with Gasteiger partial charge in [0.2, 0.25) is 5.91 Å². The summed E-state index contributed by atoms with van der Waals surface area (Å²) in [5.74, 6) is -2.94. The fourth-order valence-corrected chi connectivity index (χ4v) is 1.57. The zero-order valence-electron chi connectivity index (χ0n) is 7.85. The number of carboxylic acids is 1. The number of nitriles is 1. The van der Waals surface area contributed by atoms with Gasteiger partial charge in [-0.2, -0.15) is 5.26 Å². The summed E-state index contributed by atoms with van der Waals surface area (Å²) in [7, 11) is 0. The Bertz CT molecular complexity index is 433. The Hall–Kier alpha value is -1.87. The second kappa shape index (κ2) is 4.57. The van der Waals surface area contributed by atoms with Crippen molar-refractivity contribution in [3.8, 4) is 6.07 Å². The molecule has 0 fully saturated rings. The van der Waals surface area contributed by atoms with E-state index in [0.29, 0.717) is 10.6 Å². The molecule has 1 aromatic heterocycles. The summed E-state index contributed by atoms with van der Waals surface area (Å²) in [5.41, 5.74) is 0.339. The average Bonchev–Trinajstić information content (AvgIpc) is 2.63. The smallest absolute Gasteiger partial charge is 0.315 e. The molecule has 1 unspecified atom stereocenters.